The largest absolute Gasteiger partial charge is 0.481 e. The second-order valence-electron chi connectivity index (χ2n) is 7.17. The zero-order valence-electron chi connectivity index (χ0n) is 16.3. The molecule has 1 fully saturated rings. The Balaban J connectivity index is 1.65. The minimum absolute atomic E-state index is 0.113. The van der Waals surface area contributed by atoms with Crippen LogP contribution in [0.25, 0.3) is 10.9 Å². The molecule has 0 saturated carbocycles. The number of nitrogens with one attached hydrogen (secondary N) is 1. The molecule has 29 heavy (non-hydrogen) atoms. The van der Waals surface area contributed by atoms with E-state index in [2.05, 4.69) is 15.3 Å². The molecule has 7 nitrogen and oxygen atoms in total. The Hall–Kier alpha value is -3.03. The predicted molar refractivity (Wildman–Crippen MR) is 110 cm³/mol. The third-order valence-corrected chi connectivity index (χ3v) is 5.15. The van der Waals surface area contributed by atoms with Crippen LogP contribution in [0.2, 0.25) is 0 Å². The smallest absolute Gasteiger partial charge is 0.270 e. The number of fused-ring (bicyclic) bond motifs is 1. The average molecular weight is 392 g/mol. The minimum Gasteiger partial charge on any atom is -0.481 e. The molecule has 0 bridgehead atoms. The molecule has 2 aromatic heterocycles. The molecule has 4 rings (SSSR count). The van der Waals surface area contributed by atoms with Gasteiger partial charge in [0, 0.05) is 36.3 Å². The number of nitrogens with two attached hydrogens (primary N) is 1. The van der Waals surface area contributed by atoms with Crippen LogP contribution >= 0.6 is 0 Å². The van der Waals surface area contributed by atoms with Gasteiger partial charge in [-0.05, 0) is 42.2 Å². The molecule has 1 aliphatic rings. The first-order valence-electron chi connectivity index (χ1n) is 9.66. The van der Waals surface area contributed by atoms with Crippen molar-refractivity contribution in [3.05, 3.63) is 65.5 Å². The number of amides is 1. The van der Waals surface area contributed by atoms with Gasteiger partial charge in [0.15, 0.2) is 0 Å². The van der Waals surface area contributed by atoms with Gasteiger partial charge in [-0.3, -0.25) is 4.79 Å². The highest BCUT2D eigenvalue weighted by Gasteiger charge is 2.25. The molecule has 3 heterocycles. The van der Waals surface area contributed by atoms with Crippen LogP contribution < -0.4 is 15.8 Å². The second-order valence-corrected chi connectivity index (χ2v) is 7.17. The Bertz CT molecular complexity index is 1020. The molecule has 1 aliphatic heterocycles. The van der Waals surface area contributed by atoms with E-state index in [0.717, 1.165) is 22.0 Å². The lowest BCUT2D eigenvalue weighted by Crippen LogP contribution is -2.53. The molecule has 3 N–H and O–H groups in total. The van der Waals surface area contributed by atoms with Gasteiger partial charge in [-0.1, -0.05) is 18.2 Å². The molecule has 150 valence electrons. The van der Waals surface area contributed by atoms with Crippen molar-refractivity contribution in [2.75, 3.05) is 20.3 Å². The number of rotatable bonds is 5. The van der Waals surface area contributed by atoms with Gasteiger partial charge in [-0.25, -0.2) is 9.97 Å². The lowest BCUT2D eigenvalue weighted by Gasteiger charge is -2.29. The van der Waals surface area contributed by atoms with E-state index in [1.165, 1.54) is 0 Å². The Labute approximate surface area is 169 Å². The van der Waals surface area contributed by atoms with Crippen LogP contribution in [0.1, 0.15) is 28.0 Å². The first-order chi connectivity index (χ1) is 14.1. The molecule has 1 saturated heterocycles. The number of methoxy groups -OCH3 is 1. The van der Waals surface area contributed by atoms with E-state index in [0.29, 0.717) is 37.6 Å². The second kappa shape index (κ2) is 8.55. The summed E-state index contributed by atoms with van der Waals surface area (Å²) in [6.07, 6.45) is 3.06. The number of benzene rings is 1. The van der Waals surface area contributed by atoms with Crippen LogP contribution in [-0.2, 0) is 11.2 Å². The minimum atomic E-state index is -0.216. The van der Waals surface area contributed by atoms with Crippen molar-refractivity contribution >= 4 is 16.8 Å². The van der Waals surface area contributed by atoms with E-state index in [4.69, 9.17) is 15.2 Å². The van der Waals surface area contributed by atoms with Gasteiger partial charge in [0.2, 0.25) is 5.88 Å². The van der Waals surface area contributed by atoms with Crippen LogP contribution in [0.4, 0.5) is 0 Å². The molecule has 0 unspecified atom stereocenters. The summed E-state index contributed by atoms with van der Waals surface area (Å²) >= 11 is 0. The highest BCUT2D eigenvalue weighted by molar-refractivity contribution is 5.96. The predicted octanol–water partition coefficient (Wildman–Crippen LogP) is 2.08. The maximum atomic E-state index is 12.9. The van der Waals surface area contributed by atoms with Crippen LogP contribution in [0.3, 0.4) is 0 Å². The van der Waals surface area contributed by atoms with Crippen LogP contribution in [0, 0.1) is 0 Å². The van der Waals surface area contributed by atoms with Crippen molar-refractivity contribution < 1.29 is 14.3 Å². The number of pyridine rings is 2. The summed E-state index contributed by atoms with van der Waals surface area (Å²) in [7, 11) is 1.59. The van der Waals surface area contributed by atoms with Crippen LogP contribution in [-0.4, -0.2) is 48.3 Å². The van der Waals surface area contributed by atoms with E-state index >= 15 is 0 Å². The number of hydrogen-bond donors (Lipinski definition) is 2. The fourth-order valence-electron chi connectivity index (χ4n) is 3.58. The Kier molecular flexibility index (Phi) is 5.69. The van der Waals surface area contributed by atoms with Crippen molar-refractivity contribution in [2.45, 2.75) is 24.9 Å². The molecule has 1 aromatic carbocycles. The number of carbonyl (C=O) groups excluding carboxylic acids is 1. The number of carbonyl (C=O) groups is 1. The number of ether oxygens (including phenoxy) is 2. The van der Waals surface area contributed by atoms with Gasteiger partial charge in [-0.15, -0.1) is 0 Å². The van der Waals surface area contributed by atoms with Gasteiger partial charge in [0.1, 0.15) is 5.69 Å². The summed E-state index contributed by atoms with van der Waals surface area (Å²) in [4.78, 5) is 21.6. The summed E-state index contributed by atoms with van der Waals surface area (Å²) in [5, 5.41) is 4.04. The first kappa shape index (κ1) is 19.3. The zero-order chi connectivity index (χ0) is 20.2. The van der Waals surface area contributed by atoms with E-state index < -0.39 is 0 Å². The maximum Gasteiger partial charge on any atom is 0.270 e. The fraction of sp³-hybridized carbons (Fsp3) is 0.318. The standard InChI is InChI=1S/C22H24N4O3/c1-28-21-11-14(6-8-24-21)10-15-12-20(25-18-5-3-2-4-16(15)18)22(27)26-19-7-9-29-13-17(19)23/h2-6,8,11-12,17,19H,7,9-10,13,23H2,1H3,(H,26,27)/t17-,19-/m0/s1. The highest BCUT2D eigenvalue weighted by Crippen LogP contribution is 2.23. The Morgan fingerprint density at radius 1 is 1.31 bits per heavy atom. The molecule has 2 atom stereocenters. The Morgan fingerprint density at radius 3 is 3.00 bits per heavy atom. The number of nitrogens with zero attached hydrogens (tertiary/aromatic N) is 2. The zero-order valence-corrected chi connectivity index (χ0v) is 16.3. The van der Waals surface area contributed by atoms with Gasteiger partial charge >= 0.3 is 0 Å². The fourth-order valence-corrected chi connectivity index (χ4v) is 3.58. The lowest BCUT2D eigenvalue weighted by atomic mass is 10.00. The molecular formula is C22H24N4O3. The molecule has 1 amide bonds. The summed E-state index contributed by atoms with van der Waals surface area (Å²) in [5.74, 6) is 0.346. The van der Waals surface area contributed by atoms with Gasteiger partial charge in [-0.2, -0.15) is 0 Å². The third-order valence-electron chi connectivity index (χ3n) is 5.15. The normalized spacial score (nSPS) is 19.1. The average Bonchev–Trinajstić information content (AvgIpc) is 2.75. The topological polar surface area (TPSA) is 99.4 Å². The third kappa shape index (κ3) is 4.36. The van der Waals surface area contributed by atoms with E-state index in [-0.39, 0.29) is 18.0 Å². The van der Waals surface area contributed by atoms with Gasteiger partial charge in [0.05, 0.1) is 19.2 Å². The SMILES string of the molecule is COc1cc(Cc2cc(C(=O)N[C@H]3CCOC[C@@H]3N)nc3ccccc23)ccn1. The molecule has 0 spiro atoms. The summed E-state index contributed by atoms with van der Waals surface area (Å²) < 4.78 is 10.6. The number of aromatic nitrogens is 2. The number of para-hydroxylation sites is 1. The first-order valence-corrected chi connectivity index (χ1v) is 9.66. The molecule has 0 aliphatic carbocycles. The summed E-state index contributed by atoms with van der Waals surface area (Å²) in [6, 6.07) is 13.2. The van der Waals surface area contributed by atoms with E-state index in [1.54, 1.807) is 13.3 Å². The van der Waals surface area contributed by atoms with E-state index in [9.17, 15) is 4.79 Å². The van der Waals surface area contributed by atoms with Crippen molar-refractivity contribution in [2.24, 2.45) is 5.73 Å². The van der Waals surface area contributed by atoms with Crippen molar-refractivity contribution in [3.63, 3.8) is 0 Å². The van der Waals surface area contributed by atoms with Crippen molar-refractivity contribution in [1.82, 2.24) is 15.3 Å². The van der Waals surface area contributed by atoms with Gasteiger partial charge < -0.3 is 20.5 Å². The number of hydrogen-bond acceptors (Lipinski definition) is 6. The summed E-state index contributed by atoms with van der Waals surface area (Å²) in [5.41, 5.74) is 9.32. The summed E-state index contributed by atoms with van der Waals surface area (Å²) in [6.45, 7) is 1.05. The Morgan fingerprint density at radius 2 is 2.17 bits per heavy atom. The van der Waals surface area contributed by atoms with Crippen molar-refractivity contribution in [3.8, 4) is 5.88 Å². The van der Waals surface area contributed by atoms with Crippen LogP contribution in [0.5, 0.6) is 5.88 Å². The highest BCUT2D eigenvalue weighted by atomic mass is 16.5. The van der Waals surface area contributed by atoms with Crippen molar-refractivity contribution in [1.29, 1.82) is 0 Å². The molecular weight excluding hydrogens is 368 g/mol. The monoisotopic (exact) mass is 392 g/mol. The maximum absolute atomic E-state index is 12.9. The molecule has 7 heteroatoms. The molecule has 3 aromatic rings. The lowest BCUT2D eigenvalue weighted by molar-refractivity contribution is 0.0571. The quantitative estimate of drug-likeness (QED) is 0.690. The van der Waals surface area contributed by atoms with Crippen LogP contribution in [0.15, 0.2) is 48.7 Å². The van der Waals surface area contributed by atoms with Gasteiger partial charge in [0.25, 0.3) is 5.91 Å². The van der Waals surface area contributed by atoms with E-state index in [1.807, 2.05) is 42.5 Å². The molecule has 0 radical (unpaired) electrons.